The molecule has 6 heteroatoms. The van der Waals surface area contributed by atoms with Crippen LogP contribution in [0.1, 0.15) is 11.8 Å². The molecular weight excluding hydrogens is 282 g/mol. The fourth-order valence-corrected chi connectivity index (χ4v) is 4.29. The van der Waals surface area contributed by atoms with E-state index in [9.17, 15) is 13.5 Å². The van der Waals surface area contributed by atoms with Crippen LogP contribution in [0.4, 0.5) is 5.69 Å². The third-order valence-electron chi connectivity index (χ3n) is 2.81. The van der Waals surface area contributed by atoms with E-state index in [4.69, 9.17) is 0 Å². The Kier molecular flexibility index (Phi) is 3.82. The highest BCUT2D eigenvalue weighted by atomic mass is 32.2. The van der Waals surface area contributed by atoms with Crippen molar-refractivity contribution in [2.75, 3.05) is 11.4 Å². The quantitative estimate of drug-likeness (QED) is 0.944. The SMILES string of the molecule is CCc1ccc(S(=O)(=O)N(C)c2ccc(O)cc2)s1. The van der Waals surface area contributed by atoms with Crippen LogP contribution in [0.5, 0.6) is 5.75 Å². The second-order valence-electron chi connectivity index (χ2n) is 4.06. The topological polar surface area (TPSA) is 57.6 Å². The van der Waals surface area contributed by atoms with Gasteiger partial charge in [-0.05, 0) is 42.8 Å². The molecule has 0 amide bonds. The number of hydrogen-bond donors (Lipinski definition) is 1. The molecule has 1 heterocycles. The van der Waals surface area contributed by atoms with Crippen molar-refractivity contribution in [3.8, 4) is 5.75 Å². The molecule has 0 fully saturated rings. The molecule has 2 aromatic rings. The summed E-state index contributed by atoms with van der Waals surface area (Å²) in [6.07, 6.45) is 0.823. The third-order valence-corrected chi connectivity index (χ3v) is 6.30. The summed E-state index contributed by atoms with van der Waals surface area (Å²) in [5.41, 5.74) is 0.518. The van der Waals surface area contributed by atoms with E-state index in [0.717, 1.165) is 11.3 Å². The maximum Gasteiger partial charge on any atom is 0.273 e. The molecule has 0 atom stereocenters. The Hall–Kier alpha value is -1.53. The minimum Gasteiger partial charge on any atom is -0.508 e. The summed E-state index contributed by atoms with van der Waals surface area (Å²) in [6, 6.07) is 9.54. The third kappa shape index (κ3) is 2.74. The van der Waals surface area contributed by atoms with Crippen LogP contribution in [0.2, 0.25) is 0 Å². The lowest BCUT2D eigenvalue weighted by atomic mass is 10.3. The monoisotopic (exact) mass is 297 g/mol. The van der Waals surface area contributed by atoms with E-state index >= 15 is 0 Å². The fourth-order valence-electron chi connectivity index (χ4n) is 1.62. The molecule has 0 saturated carbocycles. The predicted molar refractivity (Wildman–Crippen MR) is 77.4 cm³/mol. The lowest BCUT2D eigenvalue weighted by Gasteiger charge is -2.18. The molecule has 2 rings (SSSR count). The minimum absolute atomic E-state index is 0.110. The molecule has 0 aliphatic heterocycles. The largest absolute Gasteiger partial charge is 0.508 e. The van der Waals surface area contributed by atoms with Crippen LogP contribution in [0, 0.1) is 0 Å². The van der Waals surface area contributed by atoms with Crippen LogP contribution in [-0.4, -0.2) is 20.6 Å². The van der Waals surface area contributed by atoms with Gasteiger partial charge < -0.3 is 5.11 Å². The van der Waals surface area contributed by atoms with Gasteiger partial charge in [0.05, 0.1) is 5.69 Å². The van der Waals surface area contributed by atoms with Crippen molar-refractivity contribution in [2.24, 2.45) is 0 Å². The number of phenols is 1. The first kappa shape index (κ1) is 13.9. The number of anilines is 1. The molecule has 102 valence electrons. The van der Waals surface area contributed by atoms with Gasteiger partial charge in [-0.1, -0.05) is 6.92 Å². The Bertz CT molecular complexity index is 659. The summed E-state index contributed by atoms with van der Waals surface area (Å²) in [5, 5.41) is 9.23. The molecule has 1 N–H and O–H groups in total. The number of sulfonamides is 1. The molecule has 0 bridgehead atoms. The number of benzene rings is 1. The summed E-state index contributed by atoms with van der Waals surface area (Å²) in [7, 11) is -2.02. The van der Waals surface area contributed by atoms with E-state index in [2.05, 4.69) is 0 Å². The average molecular weight is 297 g/mol. The lowest BCUT2D eigenvalue weighted by Crippen LogP contribution is -2.25. The maximum absolute atomic E-state index is 12.4. The highest BCUT2D eigenvalue weighted by Gasteiger charge is 2.23. The number of rotatable bonds is 4. The molecule has 0 saturated heterocycles. The van der Waals surface area contributed by atoms with Gasteiger partial charge >= 0.3 is 0 Å². The normalized spacial score (nSPS) is 11.5. The Labute approximate surface area is 117 Å². The van der Waals surface area contributed by atoms with Crippen LogP contribution in [0.3, 0.4) is 0 Å². The number of thiophene rings is 1. The first-order valence-corrected chi connectivity index (χ1v) is 8.07. The Morgan fingerprint density at radius 1 is 1.16 bits per heavy atom. The van der Waals surface area contributed by atoms with Crippen LogP contribution in [0.15, 0.2) is 40.6 Å². The molecule has 0 aliphatic rings. The summed E-state index contributed by atoms with van der Waals surface area (Å²) >= 11 is 1.29. The first-order valence-electron chi connectivity index (χ1n) is 5.82. The Balaban J connectivity index is 2.36. The zero-order valence-electron chi connectivity index (χ0n) is 10.7. The highest BCUT2D eigenvalue weighted by molar-refractivity contribution is 7.94. The first-order chi connectivity index (χ1) is 8.95. The molecule has 0 aliphatic carbocycles. The Morgan fingerprint density at radius 3 is 2.32 bits per heavy atom. The van der Waals surface area contributed by atoms with Gasteiger partial charge in [0.15, 0.2) is 0 Å². The maximum atomic E-state index is 12.4. The van der Waals surface area contributed by atoms with E-state index in [1.807, 2.05) is 13.0 Å². The lowest BCUT2D eigenvalue weighted by molar-refractivity contribution is 0.475. The number of aryl methyl sites for hydroxylation is 1. The molecule has 1 aromatic heterocycles. The van der Waals surface area contributed by atoms with Crippen molar-refractivity contribution in [3.63, 3.8) is 0 Å². The zero-order valence-corrected chi connectivity index (χ0v) is 12.3. The number of aromatic hydroxyl groups is 1. The standard InChI is InChI=1S/C13H15NO3S2/c1-3-12-8-9-13(18-12)19(16,17)14(2)10-4-6-11(15)7-5-10/h4-9,15H,3H2,1-2H3. The predicted octanol–water partition coefficient (Wildman–Crippen LogP) is 2.84. The van der Waals surface area contributed by atoms with E-state index in [0.29, 0.717) is 9.90 Å². The summed E-state index contributed by atoms with van der Waals surface area (Å²) in [5.74, 6) is 0.110. The highest BCUT2D eigenvalue weighted by Crippen LogP contribution is 2.28. The van der Waals surface area contributed by atoms with Crippen molar-refractivity contribution >= 4 is 27.0 Å². The van der Waals surface area contributed by atoms with Gasteiger partial charge in [0.2, 0.25) is 0 Å². The molecule has 1 aromatic carbocycles. The Morgan fingerprint density at radius 2 is 1.79 bits per heavy atom. The van der Waals surface area contributed by atoms with Crippen molar-refractivity contribution in [2.45, 2.75) is 17.6 Å². The van der Waals surface area contributed by atoms with Crippen LogP contribution in [0.25, 0.3) is 0 Å². The van der Waals surface area contributed by atoms with Gasteiger partial charge in [0, 0.05) is 11.9 Å². The van der Waals surface area contributed by atoms with Crippen molar-refractivity contribution < 1.29 is 13.5 Å². The van der Waals surface area contributed by atoms with Crippen molar-refractivity contribution in [3.05, 3.63) is 41.3 Å². The van der Waals surface area contributed by atoms with Gasteiger partial charge in [-0.2, -0.15) is 0 Å². The summed E-state index contributed by atoms with van der Waals surface area (Å²) < 4.78 is 26.4. The van der Waals surface area contributed by atoms with Crippen molar-refractivity contribution in [1.82, 2.24) is 0 Å². The van der Waals surface area contributed by atoms with E-state index in [-0.39, 0.29) is 5.75 Å². The van der Waals surface area contributed by atoms with Crippen LogP contribution >= 0.6 is 11.3 Å². The average Bonchev–Trinajstić information content (AvgIpc) is 2.88. The zero-order chi connectivity index (χ0) is 14.0. The molecule has 0 radical (unpaired) electrons. The minimum atomic E-state index is -3.52. The number of phenolic OH excluding ortho intramolecular Hbond substituents is 1. The number of hydrogen-bond acceptors (Lipinski definition) is 4. The summed E-state index contributed by atoms with van der Waals surface area (Å²) in [6.45, 7) is 1.99. The fraction of sp³-hybridized carbons (Fsp3) is 0.231. The van der Waals surface area contributed by atoms with Crippen LogP contribution in [-0.2, 0) is 16.4 Å². The molecule has 19 heavy (non-hydrogen) atoms. The number of nitrogens with zero attached hydrogens (tertiary/aromatic N) is 1. The van der Waals surface area contributed by atoms with Gasteiger partial charge in [0.25, 0.3) is 10.0 Å². The van der Waals surface area contributed by atoms with Crippen molar-refractivity contribution in [1.29, 1.82) is 0 Å². The smallest absolute Gasteiger partial charge is 0.273 e. The molecule has 0 spiro atoms. The van der Waals surface area contributed by atoms with Gasteiger partial charge in [-0.25, -0.2) is 8.42 Å². The van der Waals surface area contributed by atoms with Crippen LogP contribution < -0.4 is 4.31 Å². The van der Waals surface area contributed by atoms with Gasteiger partial charge in [0.1, 0.15) is 9.96 Å². The van der Waals surface area contributed by atoms with E-state index in [1.54, 1.807) is 18.2 Å². The van der Waals surface area contributed by atoms with E-state index < -0.39 is 10.0 Å². The molecule has 0 unspecified atom stereocenters. The second kappa shape index (κ2) is 5.22. The van der Waals surface area contributed by atoms with Gasteiger partial charge in [-0.3, -0.25) is 4.31 Å². The molecule has 4 nitrogen and oxygen atoms in total. The van der Waals surface area contributed by atoms with E-state index in [1.165, 1.54) is 34.8 Å². The summed E-state index contributed by atoms with van der Waals surface area (Å²) in [4.78, 5) is 1.04. The molecular formula is C13H15NO3S2. The van der Waals surface area contributed by atoms with Gasteiger partial charge in [-0.15, -0.1) is 11.3 Å². The second-order valence-corrected chi connectivity index (χ2v) is 7.43.